The number of nitrogens with zero attached hydrogens (tertiary/aromatic N) is 3. The molecule has 7 heteroatoms. The number of benzene rings is 1. The molecule has 7 nitrogen and oxygen atoms in total. The van der Waals surface area contributed by atoms with Gasteiger partial charge in [-0.1, -0.05) is 18.2 Å². The van der Waals surface area contributed by atoms with Crippen LogP contribution in [0.15, 0.2) is 67.3 Å². The van der Waals surface area contributed by atoms with Crippen LogP contribution in [0, 0.1) is 0 Å². The Labute approximate surface area is 173 Å². The number of methoxy groups -OCH3 is 2. The first kappa shape index (κ1) is 19.3. The standard InChI is InChI=1S/C23H20N4O3/c1-29-21-7-3-5-16(22(21)30-2)13-26-23(28)20-11-17(15-6-4-9-24-12-15)18-14-25-10-8-19(18)27-20/h3-12,14H,13H2,1-2H3,(H,26,28). The van der Waals surface area contributed by atoms with Crippen LogP contribution in [0.1, 0.15) is 16.1 Å². The van der Waals surface area contributed by atoms with Crippen LogP contribution < -0.4 is 14.8 Å². The summed E-state index contributed by atoms with van der Waals surface area (Å²) < 4.78 is 10.8. The van der Waals surface area contributed by atoms with E-state index in [0.29, 0.717) is 22.7 Å². The minimum Gasteiger partial charge on any atom is -0.493 e. The van der Waals surface area contributed by atoms with E-state index in [1.807, 2.05) is 30.3 Å². The van der Waals surface area contributed by atoms with Crippen molar-refractivity contribution in [2.75, 3.05) is 14.2 Å². The lowest BCUT2D eigenvalue weighted by Crippen LogP contribution is -2.24. The molecule has 0 saturated heterocycles. The van der Waals surface area contributed by atoms with Crippen LogP contribution >= 0.6 is 0 Å². The highest BCUT2D eigenvalue weighted by molar-refractivity contribution is 6.00. The van der Waals surface area contributed by atoms with E-state index >= 15 is 0 Å². The summed E-state index contributed by atoms with van der Waals surface area (Å²) in [7, 11) is 3.15. The molecule has 0 aliphatic heterocycles. The van der Waals surface area contributed by atoms with Gasteiger partial charge in [0, 0.05) is 47.8 Å². The first-order chi connectivity index (χ1) is 14.7. The van der Waals surface area contributed by atoms with Gasteiger partial charge >= 0.3 is 0 Å². The Kier molecular flexibility index (Phi) is 5.52. The minimum absolute atomic E-state index is 0.275. The van der Waals surface area contributed by atoms with Crippen molar-refractivity contribution in [2.24, 2.45) is 0 Å². The van der Waals surface area contributed by atoms with E-state index in [9.17, 15) is 4.79 Å². The van der Waals surface area contributed by atoms with E-state index in [2.05, 4.69) is 20.3 Å². The van der Waals surface area contributed by atoms with Gasteiger partial charge in [-0.05, 0) is 29.8 Å². The molecule has 3 heterocycles. The average molecular weight is 400 g/mol. The number of hydrogen-bond donors (Lipinski definition) is 1. The summed E-state index contributed by atoms with van der Waals surface area (Å²) in [5, 5.41) is 3.77. The smallest absolute Gasteiger partial charge is 0.270 e. The first-order valence-electron chi connectivity index (χ1n) is 9.34. The molecule has 0 atom stereocenters. The highest BCUT2D eigenvalue weighted by Gasteiger charge is 2.15. The zero-order chi connectivity index (χ0) is 20.9. The van der Waals surface area contributed by atoms with Crippen LogP contribution in [-0.2, 0) is 6.54 Å². The lowest BCUT2D eigenvalue weighted by Gasteiger charge is -2.13. The Morgan fingerprint density at radius 3 is 2.63 bits per heavy atom. The number of rotatable bonds is 6. The number of ether oxygens (including phenoxy) is 2. The number of nitrogens with one attached hydrogen (secondary N) is 1. The van der Waals surface area contributed by atoms with E-state index in [4.69, 9.17) is 9.47 Å². The van der Waals surface area contributed by atoms with Gasteiger partial charge in [0.05, 0.1) is 19.7 Å². The zero-order valence-electron chi connectivity index (χ0n) is 16.6. The van der Waals surface area contributed by atoms with Crippen LogP contribution in [0.25, 0.3) is 22.0 Å². The van der Waals surface area contributed by atoms with Gasteiger partial charge in [0.2, 0.25) is 0 Å². The molecule has 30 heavy (non-hydrogen) atoms. The number of pyridine rings is 3. The molecule has 4 rings (SSSR count). The minimum atomic E-state index is -0.288. The molecule has 4 aromatic rings. The number of fused-ring (bicyclic) bond motifs is 1. The van der Waals surface area contributed by atoms with E-state index in [1.165, 1.54) is 0 Å². The fourth-order valence-electron chi connectivity index (χ4n) is 3.30. The van der Waals surface area contributed by atoms with Gasteiger partial charge in [-0.15, -0.1) is 0 Å². The Bertz CT molecular complexity index is 1200. The third-order valence-electron chi connectivity index (χ3n) is 4.74. The Morgan fingerprint density at radius 2 is 1.87 bits per heavy atom. The second kappa shape index (κ2) is 8.57. The van der Waals surface area contributed by atoms with Crippen molar-refractivity contribution in [3.63, 3.8) is 0 Å². The van der Waals surface area contributed by atoms with Gasteiger partial charge in [0.1, 0.15) is 5.69 Å². The predicted octanol–water partition coefficient (Wildman–Crippen LogP) is 3.64. The van der Waals surface area contributed by atoms with E-state index in [1.54, 1.807) is 51.1 Å². The quantitative estimate of drug-likeness (QED) is 0.532. The molecule has 0 aliphatic rings. The van der Waals surface area contributed by atoms with Crippen LogP contribution in [0.5, 0.6) is 11.5 Å². The highest BCUT2D eigenvalue weighted by atomic mass is 16.5. The monoisotopic (exact) mass is 400 g/mol. The maximum absolute atomic E-state index is 12.9. The van der Waals surface area contributed by atoms with Gasteiger partial charge in [-0.25, -0.2) is 4.98 Å². The third-order valence-corrected chi connectivity index (χ3v) is 4.74. The topological polar surface area (TPSA) is 86.2 Å². The van der Waals surface area contributed by atoms with Crippen molar-refractivity contribution in [2.45, 2.75) is 6.54 Å². The molecule has 1 aromatic carbocycles. The van der Waals surface area contributed by atoms with Gasteiger partial charge in [0.15, 0.2) is 11.5 Å². The molecule has 1 amide bonds. The van der Waals surface area contributed by atoms with Crippen LogP contribution in [-0.4, -0.2) is 35.1 Å². The lowest BCUT2D eigenvalue weighted by atomic mass is 10.0. The fourth-order valence-corrected chi connectivity index (χ4v) is 3.30. The average Bonchev–Trinajstić information content (AvgIpc) is 2.81. The van der Waals surface area contributed by atoms with Crippen molar-refractivity contribution >= 4 is 16.8 Å². The molecule has 0 saturated carbocycles. The SMILES string of the molecule is COc1cccc(CNC(=O)c2cc(-c3cccnc3)c3cnccc3n2)c1OC. The summed E-state index contributed by atoms with van der Waals surface area (Å²) in [6.07, 6.45) is 6.86. The van der Waals surface area contributed by atoms with Crippen molar-refractivity contribution in [1.82, 2.24) is 20.3 Å². The second-order valence-electron chi connectivity index (χ2n) is 6.52. The highest BCUT2D eigenvalue weighted by Crippen LogP contribution is 2.31. The van der Waals surface area contributed by atoms with Crippen LogP contribution in [0.2, 0.25) is 0 Å². The van der Waals surface area contributed by atoms with Gasteiger partial charge < -0.3 is 14.8 Å². The second-order valence-corrected chi connectivity index (χ2v) is 6.52. The van der Waals surface area contributed by atoms with Crippen molar-refractivity contribution < 1.29 is 14.3 Å². The molecule has 3 aromatic heterocycles. The normalized spacial score (nSPS) is 10.6. The summed E-state index contributed by atoms with van der Waals surface area (Å²) >= 11 is 0. The predicted molar refractivity (Wildman–Crippen MR) is 113 cm³/mol. The lowest BCUT2D eigenvalue weighted by molar-refractivity contribution is 0.0946. The molecular formula is C23H20N4O3. The summed E-state index contributed by atoms with van der Waals surface area (Å²) in [6, 6.07) is 12.9. The fraction of sp³-hybridized carbons (Fsp3) is 0.130. The number of carbonyl (C=O) groups excluding carboxylic acids is 1. The Morgan fingerprint density at radius 1 is 1.00 bits per heavy atom. The number of para-hydroxylation sites is 1. The van der Waals surface area contributed by atoms with Crippen LogP contribution in [0.3, 0.4) is 0 Å². The van der Waals surface area contributed by atoms with Crippen molar-refractivity contribution in [3.05, 3.63) is 78.5 Å². The summed E-state index contributed by atoms with van der Waals surface area (Å²) in [5.41, 5.74) is 3.55. The number of amides is 1. The molecule has 0 radical (unpaired) electrons. The summed E-state index contributed by atoms with van der Waals surface area (Å²) in [6.45, 7) is 0.275. The molecular weight excluding hydrogens is 380 g/mol. The molecule has 1 N–H and O–H groups in total. The summed E-state index contributed by atoms with van der Waals surface area (Å²) in [4.78, 5) is 25.8. The van der Waals surface area contributed by atoms with Crippen molar-refractivity contribution in [3.8, 4) is 22.6 Å². The molecule has 0 spiro atoms. The molecule has 150 valence electrons. The Balaban J connectivity index is 1.66. The van der Waals surface area contributed by atoms with Gasteiger partial charge in [-0.3, -0.25) is 14.8 Å². The maximum Gasteiger partial charge on any atom is 0.270 e. The Hall–Kier alpha value is -4.00. The first-order valence-corrected chi connectivity index (χ1v) is 9.34. The number of aromatic nitrogens is 3. The molecule has 0 bridgehead atoms. The molecule has 0 unspecified atom stereocenters. The molecule has 0 aliphatic carbocycles. The number of carbonyl (C=O) groups is 1. The number of hydrogen-bond acceptors (Lipinski definition) is 6. The summed E-state index contributed by atoms with van der Waals surface area (Å²) in [5.74, 6) is 0.914. The van der Waals surface area contributed by atoms with Crippen LogP contribution in [0.4, 0.5) is 0 Å². The zero-order valence-corrected chi connectivity index (χ0v) is 16.6. The van der Waals surface area contributed by atoms with Gasteiger partial charge in [-0.2, -0.15) is 0 Å². The van der Waals surface area contributed by atoms with E-state index in [0.717, 1.165) is 22.1 Å². The van der Waals surface area contributed by atoms with E-state index in [-0.39, 0.29) is 12.5 Å². The third kappa shape index (κ3) is 3.77. The van der Waals surface area contributed by atoms with Gasteiger partial charge in [0.25, 0.3) is 5.91 Å². The van der Waals surface area contributed by atoms with Crippen molar-refractivity contribution in [1.29, 1.82) is 0 Å². The van der Waals surface area contributed by atoms with E-state index < -0.39 is 0 Å². The maximum atomic E-state index is 12.9. The largest absolute Gasteiger partial charge is 0.493 e. The molecule has 0 fully saturated rings.